The summed E-state index contributed by atoms with van der Waals surface area (Å²) in [6.45, 7) is 4.25. The van der Waals surface area contributed by atoms with Crippen LogP contribution in [0, 0.1) is 0 Å². The van der Waals surface area contributed by atoms with Gasteiger partial charge in [-0.05, 0) is 5.92 Å². The van der Waals surface area contributed by atoms with Gasteiger partial charge >= 0.3 is 0 Å². The summed E-state index contributed by atoms with van der Waals surface area (Å²) in [6, 6.07) is 0. The Morgan fingerprint density at radius 2 is 2.27 bits per heavy atom. The molecule has 0 spiro atoms. The normalized spacial score (nSPS) is 10.7. The van der Waals surface area contributed by atoms with Crippen molar-refractivity contribution in [1.29, 1.82) is 0 Å². The van der Waals surface area contributed by atoms with E-state index < -0.39 is 0 Å². The average Bonchev–Trinajstić information content (AvgIpc) is 2.25. The van der Waals surface area contributed by atoms with Crippen LogP contribution in [0.15, 0.2) is 11.4 Å². The van der Waals surface area contributed by atoms with Crippen molar-refractivity contribution in [2.75, 3.05) is 17.8 Å². The highest BCUT2D eigenvalue weighted by Crippen LogP contribution is 2.30. The fraction of sp³-hybridized carbons (Fsp3) is 0.556. The van der Waals surface area contributed by atoms with Crippen LogP contribution in [0.5, 0.6) is 0 Å². The van der Waals surface area contributed by atoms with Crippen LogP contribution in [0.4, 0.5) is 5.82 Å². The minimum atomic E-state index is 0.136. The van der Waals surface area contributed by atoms with E-state index in [4.69, 9.17) is 10.9 Å². The lowest BCUT2D eigenvalue weighted by atomic mass is 10.1. The molecule has 84 valence electrons. The van der Waals surface area contributed by atoms with Crippen LogP contribution in [-0.4, -0.2) is 27.4 Å². The standard InChI is InChI=1S/C9H16N4OS/c1-6(2)7-8(13-10)11-5-12-9(7)15-4-3-14/h5-6,14H,3-4,10H2,1-2H3,(H,11,12,13). The molecule has 15 heavy (non-hydrogen) atoms. The van der Waals surface area contributed by atoms with E-state index in [9.17, 15) is 0 Å². The van der Waals surface area contributed by atoms with Crippen molar-refractivity contribution in [1.82, 2.24) is 9.97 Å². The van der Waals surface area contributed by atoms with Gasteiger partial charge in [-0.25, -0.2) is 15.8 Å². The molecule has 0 bridgehead atoms. The number of nitrogens with zero attached hydrogens (tertiary/aromatic N) is 2. The Labute approximate surface area is 93.5 Å². The van der Waals surface area contributed by atoms with Gasteiger partial charge in [-0.2, -0.15) is 0 Å². The Kier molecular flexibility index (Phi) is 4.80. The number of hydrogen-bond donors (Lipinski definition) is 3. The first-order chi connectivity index (χ1) is 7.20. The van der Waals surface area contributed by atoms with Gasteiger partial charge in [0.2, 0.25) is 0 Å². The number of thioether (sulfide) groups is 1. The highest BCUT2D eigenvalue weighted by atomic mass is 32.2. The summed E-state index contributed by atoms with van der Waals surface area (Å²) in [5, 5.41) is 9.66. The largest absolute Gasteiger partial charge is 0.396 e. The zero-order chi connectivity index (χ0) is 11.3. The minimum absolute atomic E-state index is 0.136. The van der Waals surface area contributed by atoms with E-state index in [1.165, 1.54) is 18.1 Å². The van der Waals surface area contributed by atoms with E-state index in [1.54, 1.807) is 0 Å². The summed E-state index contributed by atoms with van der Waals surface area (Å²) in [5.41, 5.74) is 3.57. The van der Waals surface area contributed by atoms with Crippen LogP contribution in [0.2, 0.25) is 0 Å². The third-order valence-electron chi connectivity index (χ3n) is 1.89. The average molecular weight is 228 g/mol. The van der Waals surface area contributed by atoms with Crippen molar-refractivity contribution in [3.8, 4) is 0 Å². The Morgan fingerprint density at radius 1 is 1.53 bits per heavy atom. The number of aliphatic hydroxyl groups is 1. The van der Waals surface area contributed by atoms with Crippen LogP contribution in [0.1, 0.15) is 25.3 Å². The van der Waals surface area contributed by atoms with Gasteiger partial charge in [0.05, 0.1) is 6.61 Å². The number of hydrogen-bond acceptors (Lipinski definition) is 6. The second kappa shape index (κ2) is 5.89. The highest BCUT2D eigenvalue weighted by molar-refractivity contribution is 7.99. The number of aliphatic hydroxyl groups excluding tert-OH is 1. The fourth-order valence-corrected chi connectivity index (χ4v) is 2.17. The second-order valence-corrected chi connectivity index (χ2v) is 4.40. The van der Waals surface area contributed by atoms with Crippen LogP contribution in [0.25, 0.3) is 0 Å². The number of hydrazine groups is 1. The van der Waals surface area contributed by atoms with E-state index in [0.29, 0.717) is 17.5 Å². The van der Waals surface area contributed by atoms with Gasteiger partial charge in [0.15, 0.2) is 0 Å². The van der Waals surface area contributed by atoms with Crippen LogP contribution >= 0.6 is 11.8 Å². The summed E-state index contributed by atoms with van der Waals surface area (Å²) < 4.78 is 0. The molecule has 5 nitrogen and oxygen atoms in total. The van der Waals surface area contributed by atoms with Crippen molar-refractivity contribution >= 4 is 17.6 Å². The Morgan fingerprint density at radius 3 is 2.80 bits per heavy atom. The molecule has 0 amide bonds. The summed E-state index contributed by atoms with van der Waals surface area (Å²) in [5.74, 6) is 6.96. The van der Waals surface area contributed by atoms with E-state index in [0.717, 1.165) is 10.6 Å². The van der Waals surface area contributed by atoms with Gasteiger partial charge in [-0.1, -0.05) is 13.8 Å². The molecule has 0 aromatic carbocycles. The number of nitrogens with two attached hydrogens (primary N) is 1. The first-order valence-corrected chi connectivity index (χ1v) is 5.74. The summed E-state index contributed by atoms with van der Waals surface area (Å²) in [6.07, 6.45) is 1.47. The first-order valence-electron chi connectivity index (χ1n) is 4.75. The molecule has 0 aliphatic rings. The van der Waals surface area contributed by atoms with Crippen molar-refractivity contribution in [3.05, 3.63) is 11.9 Å². The predicted octanol–water partition coefficient (Wildman–Crippen LogP) is 0.970. The number of anilines is 1. The predicted molar refractivity (Wildman–Crippen MR) is 61.7 cm³/mol. The third kappa shape index (κ3) is 3.05. The third-order valence-corrected chi connectivity index (χ3v) is 2.88. The van der Waals surface area contributed by atoms with Gasteiger partial charge in [0.1, 0.15) is 17.2 Å². The van der Waals surface area contributed by atoms with Gasteiger partial charge in [-0.3, -0.25) is 0 Å². The summed E-state index contributed by atoms with van der Waals surface area (Å²) in [7, 11) is 0. The van der Waals surface area contributed by atoms with Gasteiger partial charge in [0, 0.05) is 11.3 Å². The molecule has 0 radical (unpaired) electrons. The lowest BCUT2D eigenvalue weighted by Crippen LogP contribution is -2.13. The summed E-state index contributed by atoms with van der Waals surface area (Å²) >= 11 is 1.51. The Bertz CT molecular complexity index is 319. The molecule has 0 aliphatic carbocycles. The molecule has 1 heterocycles. The van der Waals surface area contributed by atoms with Crippen LogP contribution < -0.4 is 11.3 Å². The molecule has 1 rings (SSSR count). The quantitative estimate of drug-likeness (QED) is 0.301. The number of rotatable bonds is 5. The van der Waals surface area contributed by atoms with Crippen molar-refractivity contribution in [2.45, 2.75) is 24.8 Å². The second-order valence-electron chi connectivity index (χ2n) is 3.31. The van der Waals surface area contributed by atoms with E-state index in [2.05, 4.69) is 29.2 Å². The van der Waals surface area contributed by atoms with Gasteiger partial charge < -0.3 is 10.5 Å². The Balaban J connectivity index is 3.02. The maximum Gasteiger partial charge on any atom is 0.147 e. The topological polar surface area (TPSA) is 84.1 Å². The number of nitrogen functional groups attached to an aromatic ring is 1. The molecule has 0 aliphatic heterocycles. The molecule has 0 saturated carbocycles. The maximum atomic E-state index is 8.78. The Hall–Kier alpha value is -0.850. The zero-order valence-corrected chi connectivity index (χ0v) is 9.71. The molecule has 1 aromatic rings. The lowest BCUT2D eigenvalue weighted by Gasteiger charge is -2.14. The van der Waals surface area contributed by atoms with Crippen LogP contribution in [-0.2, 0) is 0 Å². The van der Waals surface area contributed by atoms with Gasteiger partial charge in [0.25, 0.3) is 0 Å². The monoisotopic (exact) mass is 228 g/mol. The molecule has 4 N–H and O–H groups in total. The van der Waals surface area contributed by atoms with Crippen molar-refractivity contribution in [2.24, 2.45) is 5.84 Å². The smallest absolute Gasteiger partial charge is 0.147 e. The first kappa shape index (κ1) is 12.2. The summed E-state index contributed by atoms with van der Waals surface area (Å²) in [4.78, 5) is 8.26. The zero-order valence-electron chi connectivity index (χ0n) is 8.90. The van der Waals surface area contributed by atoms with E-state index in [1.807, 2.05) is 0 Å². The molecule has 0 fully saturated rings. The molecule has 0 unspecified atom stereocenters. The fourth-order valence-electron chi connectivity index (χ4n) is 1.27. The number of nitrogens with one attached hydrogen (secondary N) is 1. The van der Waals surface area contributed by atoms with Crippen molar-refractivity contribution < 1.29 is 5.11 Å². The van der Waals surface area contributed by atoms with Crippen molar-refractivity contribution in [3.63, 3.8) is 0 Å². The number of aromatic nitrogens is 2. The highest BCUT2D eigenvalue weighted by Gasteiger charge is 2.14. The van der Waals surface area contributed by atoms with Gasteiger partial charge in [-0.15, -0.1) is 11.8 Å². The molecular formula is C9H16N4OS. The maximum absolute atomic E-state index is 8.78. The molecule has 0 saturated heterocycles. The molecule has 1 aromatic heterocycles. The molecule has 6 heteroatoms. The van der Waals surface area contributed by atoms with E-state index in [-0.39, 0.29) is 6.61 Å². The molecular weight excluding hydrogens is 212 g/mol. The van der Waals surface area contributed by atoms with Crippen LogP contribution in [0.3, 0.4) is 0 Å². The lowest BCUT2D eigenvalue weighted by molar-refractivity contribution is 0.322. The van der Waals surface area contributed by atoms with E-state index >= 15 is 0 Å². The SMILES string of the molecule is CC(C)c1c(NN)ncnc1SCCO. The minimum Gasteiger partial charge on any atom is -0.396 e. The molecule has 0 atom stereocenters.